The summed E-state index contributed by atoms with van der Waals surface area (Å²) in [4.78, 5) is 26.5. The van der Waals surface area contributed by atoms with Gasteiger partial charge in [-0.3, -0.25) is 4.79 Å². The molecular weight excluding hydrogens is 330 g/mol. The van der Waals surface area contributed by atoms with Gasteiger partial charge in [-0.1, -0.05) is 23.7 Å². The van der Waals surface area contributed by atoms with E-state index in [1.807, 2.05) is 20.8 Å². The molecule has 0 spiro atoms. The molecule has 1 amide bonds. The lowest BCUT2D eigenvalue weighted by molar-refractivity contribution is -0.143. The first-order valence-electron chi connectivity index (χ1n) is 8.06. The first-order chi connectivity index (χ1) is 11.2. The number of methoxy groups -OCH3 is 1. The molecule has 5 nitrogen and oxygen atoms in total. The van der Waals surface area contributed by atoms with Crippen molar-refractivity contribution in [3.8, 4) is 0 Å². The molecule has 0 bridgehead atoms. The lowest BCUT2D eigenvalue weighted by atomic mass is 9.90. The van der Waals surface area contributed by atoms with Crippen molar-refractivity contribution in [3.05, 3.63) is 34.9 Å². The highest BCUT2D eigenvalue weighted by molar-refractivity contribution is 6.30. The summed E-state index contributed by atoms with van der Waals surface area (Å²) in [5, 5.41) is 0.595. The molecule has 0 unspecified atom stereocenters. The van der Waals surface area contributed by atoms with Gasteiger partial charge in [0.15, 0.2) is 0 Å². The molecule has 1 aliphatic heterocycles. The van der Waals surface area contributed by atoms with E-state index >= 15 is 0 Å². The van der Waals surface area contributed by atoms with E-state index in [0.29, 0.717) is 11.6 Å². The molecule has 1 fully saturated rings. The summed E-state index contributed by atoms with van der Waals surface area (Å²) in [6.07, 6.45) is 1.15. The molecule has 0 aliphatic carbocycles. The molecule has 132 valence electrons. The third-order valence-corrected chi connectivity index (χ3v) is 4.25. The van der Waals surface area contributed by atoms with Gasteiger partial charge in [-0.25, -0.2) is 4.79 Å². The summed E-state index contributed by atoms with van der Waals surface area (Å²) in [5.74, 6) is -0.917. The lowest BCUT2D eigenvalue weighted by Gasteiger charge is -2.32. The predicted molar refractivity (Wildman–Crippen MR) is 92.2 cm³/mol. The van der Waals surface area contributed by atoms with Crippen LogP contribution in [0.4, 0.5) is 4.79 Å². The Kier molecular flexibility index (Phi) is 5.75. The van der Waals surface area contributed by atoms with Crippen molar-refractivity contribution in [2.75, 3.05) is 13.7 Å². The van der Waals surface area contributed by atoms with Crippen molar-refractivity contribution in [2.24, 2.45) is 0 Å². The van der Waals surface area contributed by atoms with Gasteiger partial charge in [0, 0.05) is 11.6 Å². The van der Waals surface area contributed by atoms with Crippen LogP contribution in [0.1, 0.15) is 45.1 Å². The molecule has 1 heterocycles. The number of rotatable bonds is 3. The standard InChI is InChI=1S/C18H24ClNO4/c1-18(2,3)24-17(22)20-11-5-6-14(20)15(16(21)23-4)12-7-9-13(19)10-8-12/h7-10,14-15H,5-6,11H2,1-4H3/t14-,15+/m1/s1. The number of carbonyl (C=O) groups excluding carboxylic acids is 2. The van der Waals surface area contributed by atoms with Crippen molar-refractivity contribution in [3.63, 3.8) is 0 Å². The van der Waals surface area contributed by atoms with Crippen LogP contribution >= 0.6 is 11.6 Å². The van der Waals surface area contributed by atoms with Crippen LogP contribution in [0.3, 0.4) is 0 Å². The van der Waals surface area contributed by atoms with Crippen molar-refractivity contribution in [1.29, 1.82) is 0 Å². The second kappa shape index (κ2) is 7.43. The van der Waals surface area contributed by atoms with Gasteiger partial charge >= 0.3 is 12.1 Å². The fourth-order valence-corrected chi connectivity index (χ4v) is 3.12. The number of esters is 1. The third-order valence-electron chi connectivity index (χ3n) is 4.00. The van der Waals surface area contributed by atoms with Crippen LogP contribution in [0.2, 0.25) is 5.02 Å². The topological polar surface area (TPSA) is 55.8 Å². The van der Waals surface area contributed by atoms with E-state index in [1.54, 1.807) is 29.2 Å². The van der Waals surface area contributed by atoms with E-state index in [1.165, 1.54) is 7.11 Å². The Bertz CT molecular complexity index is 594. The van der Waals surface area contributed by atoms with Gasteiger partial charge in [0.1, 0.15) is 11.5 Å². The molecule has 0 aromatic heterocycles. The monoisotopic (exact) mass is 353 g/mol. The van der Waals surface area contributed by atoms with Gasteiger partial charge in [-0.15, -0.1) is 0 Å². The highest BCUT2D eigenvalue weighted by atomic mass is 35.5. The fourth-order valence-electron chi connectivity index (χ4n) is 3.00. The first kappa shape index (κ1) is 18.6. The highest BCUT2D eigenvalue weighted by Gasteiger charge is 2.41. The van der Waals surface area contributed by atoms with E-state index in [2.05, 4.69) is 0 Å². The number of hydrogen-bond acceptors (Lipinski definition) is 4. The lowest BCUT2D eigenvalue weighted by Crippen LogP contribution is -2.44. The normalized spacial score (nSPS) is 19.0. The van der Waals surface area contributed by atoms with Gasteiger partial charge in [-0.2, -0.15) is 0 Å². The molecule has 1 saturated heterocycles. The fraction of sp³-hybridized carbons (Fsp3) is 0.556. The van der Waals surface area contributed by atoms with E-state index in [0.717, 1.165) is 18.4 Å². The molecule has 1 aromatic rings. The van der Waals surface area contributed by atoms with Gasteiger partial charge in [0.05, 0.1) is 13.2 Å². The zero-order chi connectivity index (χ0) is 17.9. The summed E-state index contributed by atoms with van der Waals surface area (Å²) in [5.41, 5.74) is 0.206. The van der Waals surface area contributed by atoms with E-state index in [9.17, 15) is 9.59 Å². The number of amides is 1. The number of ether oxygens (including phenoxy) is 2. The van der Waals surface area contributed by atoms with Crippen LogP contribution < -0.4 is 0 Å². The summed E-state index contributed by atoms with van der Waals surface area (Å²) < 4.78 is 10.5. The Morgan fingerprint density at radius 3 is 2.42 bits per heavy atom. The summed E-state index contributed by atoms with van der Waals surface area (Å²) in [6.45, 7) is 6.05. The van der Waals surface area contributed by atoms with Crippen molar-refractivity contribution in [2.45, 2.75) is 51.2 Å². The second-order valence-electron chi connectivity index (χ2n) is 6.94. The number of carbonyl (C=O) groups is 2. The Balaban J connectivity index is 2.29. The minimum absolute atomic E-state index is 0.284. The maximum atomic E-state index is 12.5. The molecule has 0 radical (unpaired) electrons. The number of likely N-dealkylation sites (tertiary alicyclic amines) is 1. The zero-order valence-electron chi connectivity index (χ0n) is 14.5. The quantitative estimate of drug-likeness (QED) is 0.771. The van der Waals surface area contributed by atoms with Gasteiger partial charge in [0.2, 0.25) is 0 Å². The Morgan fingerprint density at radius 2 is 1.88 bits per heavy atom. The maximum absolute atomic E-state index is 12.5. The maximum Gasteiger partial charge on any atom is 0.410 e. The molecule has 1 aromatic carbocycles. The summed E-state index contributed by atoms with van der Waals surface area (Å²) in [7, 11) is 1.36. The molecule has 0 saturated carbocycles. The molecule has 2 atom stereocenters. The number of halogens is 1. The molecule has 0 N–H and O–H groups in total. The first-order valence-corrected chi connectivity index (χ1v) is 8.43. The summed E-state index contributed by atoms with van der Waals surface area (Å²) in [6, 6.07) is 6.79. The highest BCUT2D eigenvalue weighted by Crippen LogP contribution is 2.33. The molecule has 6 heteroatoms. The van der Waals surface area contributed by atoms with Gasteiger partial charge in [0.25, 0.3) is 0 Å². The van der Waals surface area contributed by atoms with Crippen molar-refractivity contribution in [1.82, 2.24) is 4.90 Å². The zero-order valence-corrected chi connectivity index (χ0v) is 15.3. The molecule has 2 rings (SSSR count). The number of benzene rings is 1. The van der Waals surface area contributed by atoms with Gasteiger partial charge in [-0.05, 0) is 51.3 Å². The van der Waals surface area contributed by atoms with E-state index < -0.39 is 17.6 Å². The minimum Gasteiger partial charge on any atom is -0.468 e. The Labute approximate surface area is 147 Å². The largest absolute Gasteiger partial charge is 0.468 e. The van der Waals surface area contributed by atoms with Gasteiger partial charge < -0.3 is 14.4 Å². The van der Waals surface area contributed by atoms with Crippen LogP contribution in [-0.2, 0) is 14.3 Å². The molecule has 24 heavy (non-hydrogen) atoms. The van der Waals surface area contributed by atoms with Crippen LogP contribution in [-0.4, -0.2) is 42.3 Å². The third kappa shape index (κ3) is 4.41. The van der Waals surface area contributed by atoms with Crippen molar-refractivity contribution >= 4 is 23.7 Å². The Hall–Kier alpha value is -1.75. The molecule has 1 aliphatic rings. The van der Waals surface area contributed by atoms with E-state index in [-0.39, 0.29) is 12.0 Å². The van der Waals surface area contributed by atoms with Crippen LogP contribution in [0.5, 0.6) is 0 Å². The SMILES string of the molecule is COC(=O)[C@@H](c1ccc(Cl)cc1)[C@H]1CCCN1C(=O)OC(C)(C)C. The van der Waals surface area contributed by atoms with Crippen LogP contribution in [0, 0.1) is 0 Å². The predicted octanol–water partition coefficient (Wildman–Crippen LogP) is 4.00. The number of hydrogen-bond donors (Lipinski definition) is 0. The summed E-state index contributed by atoms with van der Waals surface area (Å²) >= 11 is 5.94. The average molecular weight is 354 g/mol. The van der Waals surface area contributed by atoms with Crippen LogP contribution in [0.25, 0.3) is 0 Å². The van der Waals surface area contributed by atoms with E-state index in [4.69, 9.17) is 21.1 Å². The number of nitrogens with zero attached hydrogens (tertiary/aromatic N) is 1. The van der Waals surface area contributed by atoms with Crippen molar-refractivity contribution < 1.29 is 19.1 Å². The Morgan fingerprint density at radius 1 is 1.25 bits per heavy atom. The smallest absolute Gasteiger partial charge is 0.410 e. The second-order valence-corrected chi connectivity index (χ2v) is 7.37. The average Bonchev–Trinajstić information content (AvgIpc) is 2.97. The molecular formula is C18H24ClNO4. The minimum atomic E-state index is -0.578. The van der Waals surface area contributed by atoms with Crippen LogP contribution in [0.15, 0.2) is 24.3 Å².